The normalized spacial score (nSPS) is 15.4. The lowest BCUT2D eigenvalue weighted by Gasteiger charge is -2.13. The van der Waals surface area contributed by atoms with E-state index in [0.29, 0.717) is 5.69 Å². The van der Waals surface area contributed by atoms with Crippen molar-refractivity contribution in [2.45, 2.75) is 39.0 Å². The quantitative estimate of drug-likeness (QED) is 0.875. The molecule has 0 aliphatic heterocycles. The van der Waals surface area contributed by atoms with E-state index >= 15 is 0 Å². The van der Waals surface area contributed by atoms with E-state index in [2.05, 4.69) is 5.32 Å². The highest BCUT2D eigenvalue weighted by Gasteiger charge is 2.23. The van der Waals surface area contributed by atoms with Crippen molar-refractivity contribution in [2.24, 2.45) is 5.92 Å². The molecule has 102 valence electrons. The Hall–Kier alpha value is -1.84. The van der Waals surface area contributed by atoms with Crippen LogP contribution in [0, 0.1) is 5.92 Å². The maximum atomic E-state index is 12.0. The third-order valence-electron chi connectivity index (χ3n) is 3.71. The summed E-state index contributed by atoms with van der Waals surface area (Å²) in [4.78, 5) is 23.3. The first-order valence-electron chi connectivity index (χ1n) is 6.79. The Bertz CT molecular complexity index is 490. The van der Waals surface area contributed by atoms with Gasteiger partial charge in [0.05, 0.1) is 11.3 Å². The minimum Gasteiger partial charge on any atom is -0.478 e. The molecular formula is C15H19NO3. The van der Waals surface area contributed by atoms with E-state index in [1.807, 2.05) is 13.0 Å². The summed E-state index contributed by atoms with van der Waals surface area (Å²) >= 11 is 0. The summed E-state index contributed by atoms with van der Waals surface area (Å²) in [5, 5.41) is 12.0. The number of carboxylic acid groups (broad SMARTS) is 1. The van der Waals surface area contributed by atoms with E-state index in [9.17, 15) is 14.7 Å². The zero-order chi connectivity index (χ0) is 13.8. The van der Waals surface area contributed by atoms with Gasteiger partial charge in [-0.25, -0.2) is 4.79 Å². The van der Waals surface area contributed by atoms with Gasteiger partial charge >= 0.3 is 5.97 Å². The Morgan fingerprint density at radius 3 is 2.58 bits per heavy atom. The van der Waals surface area contributed by atoms with Gasteiger partial charge in [0.25, 0.3) is 0 Å². The summed E-state index contributed by atoms with van der Waals surface area (Å²) in [7, 11) is 0. The molecule has 1 amide bonds. The molecule has 0 bridgehead atoms. The van der Waals surface area contributed by atoms with Gasteiger partial charge in [-0.05, 0) is 37.0 Å². The van der Waals surface area contributed by atoms with Gasteiger partial charge in [-0.2, -0.15) is 0 Å². The molecule has 0 radical (unpaired) electrons. The van der Waals surface area contributed by atoms with Crippen molar-refractivity contribution in [3.8, 4) is 0 Å². The number of aromatic carboxylic acids is 1. The Kier molecular flexibility index (Phi) is 4.20. The standard InChI is InChI=1S/C15H19NO3/c1-2-10-7-8-13(12(9-10)15(18)19)16-14(17)11-5-3-4-6-11/h7-9,11H,2-6H2,1H3,(H,16,17)(H,18,19). The van der Waals surface area contributed by atoms with Crippen LogP contribution in [0.2, 0.25) is 0 Å². The Morgan fingerprint density at radius 1 is 1.32 bits per heavy atom. The fourth-order valence-electron chi connectivity index (χ4n) is 2.52. The predicted molar refractivity (Wildman–Crippen MR) is 73.4 cm³/mol. The highest BCUT2D eigenvalue weighted by molar-refractivity contribution is 6.01. The van der Waals surface area contributed by atoms with E-state index < -0.39 is 5.97 Å². The second-order valence-electron chi connectivity index (χ2n) is 5.01. The van der Waals surface area contributed by atoms with Gasteiger partial charge in [-0.1, -0.05) is 25.8 Å². The van der Waals surface area contributed by atoms with Crippen molar-refractivity contribution in [1.29, 1.82) is 0 Å². The lowest BCUT2D eigenvalue weighted by Crippen LogP contribution is -2.21. The van der Waals surface area contributed by atoms with Gasteiger partial charge in [0, 0.05) is 5.92 Å². The molecule has 2 N–H and O–H groups in total. The smallest absolute Gasteiger partial charge is 0.337 e. The van der Waals surface area contributed by atoms with Gasteiger partial charge in [0.1, 0.15) is 0 Å². The third-order valence-corrected chi connectivity index (χ3v) is 3.71. The number of hydrogen-bond donors (Lipinski definition) is 2. The van der Waals surface area contributed by atoms with E-state index in [-0.39, 0.29) is 17.4 Å². The van der Waals surface area contributed by atoms with Crippen LogP contribution < -0.4 is 5.32 Å². The molecule has 0 atom stereocenters. The van der Waals surface area contributed by atoms with Crippen molar-refractivity contribution in [1.82, 2.24) is 0 Å². The molecule has 1 aromatic carbocycles. The predicted octanol–water partition coefficient (Wildman–Crippen LogP) is 3.08. The average Bonchev–Trinajstić information content (AvgIpc) is 2.92. The monoisotopic (exact) mass is 261 g/mol. The maximum absolute atomic E-state index is 12.0. The molecule has 0 saturated heterocycles. The number of benzene rings is 1. The fourth-order valence-corrected chi connectivity index (χ4v) is 2.52. The molecule has 4 heteroatoms. The van der Waals surface area contributed by atoms with Gasteiger partial charge < -0.3 is 10.4 Å². The second-order valence-corrected chi connectivity index (χ2v) is 5.01. The average molecular weight is 261 g/mol. The number of carboxylic acids is 1. The fraction of sp³-hybridized carbons (Fsp3) is 0.467. The van der Waals surface area contributed by atoms with Crippen LogP contribution in [0.15, 0.2) is 18.2 Å². The van der Waals surface area contributed by atoms with E-state index in [4.69, 9.17) is 0 Å². The largest absolute Gasteiger partial charge is 0.478 e. The lowest BCUT2D eigenvalue weighted by molar-refractivity contribution is -0.119. The van der Waals surface area contributed by atoms with Crippen molar-refractivity contribution in [2.75, 3.05) is 5.32 Å². The number of nitrogens with one attached hydrogen (secondary N) is 1. The first kappa shape index (κ1) is 13.6. The summed E-state index contributed by atoms with van der Waals surface area (Å²) in [6.07, 6.45) is 4.75. The number of rotatable bonds is 4. The number of amides is 1. The number of hydrogen-bond acceptors (Lipinski definition) is 2. The molecule has 1 aliphatic carbocycles. The van der Waals surface area contributed by atoms with Crippen LogP contribution in [-0.2, 0) is 11.2 Å². The molecular weight excluding hydrogens is 242 g/mol. The van der Waals surface area contributed by atoms with Crippen LogP contribution in [0.5, 0.6) is 0 Å². The molecule has 1 aliphatic rings. The summed E-state index contributed by atoms with van der Waals surface area (Å²) in [6.45, 7) is 1.97. The van der Waals surface area contributed by atoms with E-state index in [1.54, 1.807) is 12.1 Å². The molecule has 0 spiro atoms. The molecule has 0 heterocycles. The number of carbonyl (C=O) groups is 2. The van der Waals surface area contributed by atoms with E-state index in [1.165, 1.54) is 0 Å². The van der Waals surface area contributed by atoms with Crippen molar-refractivity contribution in [3.05, 3.63) is 29.3 Å². The van der Waals surface area contributed by atoms with Crippen molar-refractivity contribution >= 4 is 17.6 Å². The van der Waals surface area contributed by atoms with Crippen LogP contribution in [0.25, 0.3) is 0 Å². The lowest BCUT2D eigenvalue weighted by atomic mass is 10.0. The summed E-state index contributed by atoms with van der Waals surface area (Å²) in [5.74, 6) is -1.02. The van der Waals surface area contributed by atoms with E-state index in [0.717, 1.165) is 37.7 Å². The summed E-state index contributed by atoms with van der Waals surface area (Å²) in [6, 6.07) is 5.18. The molecule has 2 rings (SSSR count). The Balaban J connectivity index is 2.19. The summed E-state index contributed by atoms with van der Waals surface area (Å²) in [5.41, 5.74) is 1.53. The van der Waals surface area contributed by atoms with Gasteiger partial charge in [0.2, 0.25) is 5.91 Å². The highest BCUT2D eigenvalue weighted by Crippen LogP contribution is 2.27. The molecule has 4 nitrogen and oxygen atoms in total. The first-order chi connectivity index (χ1) is 9.11. The molecule has 19 heavy (non-hydrogen) atoms. The second kappa shape index (κ2) is 5.87. The van der Waals surface area contributed by atoms with Crippen molar-refractivity contribution < 1.29 is 14.7 Å². The van der Waals surface area contributed by atoms with Gasteiger partial charge in [-0.3, -0.25) is 4.79 Å². The minimum atomic E-state index is -1.00. The number of aryl methyl sites for hydroxylation is 1. The molecule has 0 unspecified atom stereocenters. The molecule has 1 saturated carbocycles. The van der Waals surface area contributed by atoms with Crippen LogP contribution in [0.1, 0.15) is 48.5 Å². The first-order valence-corrected chi connectivity index (χ1v) is 6.79. The Morgan fingerprint density at radius 2 is 2.00 bits per heavy atom. The van der Waals surface area contributed by atoms with Crippen LogP contribution >= 0.6 is 0 Å². The van der Waals surface area contributed by atoms with Crippen LogP contribution in [0.3, 0.4) is 0 Å². The Labute approximate surface area is 112 Å². The number of anilines is 1. The van der Waals surface area contributed by atoms with Crippen LogP contribution in [0.4, 0.5) is 5.69 Å². The molecule has 1 aromatic rings. The van der Waals surface area contributed by atoms with Crippen molar-refractivity contribution in [3.63, 3.8) is 0 Å². The van der Waals surface area contributed by atoms with Gasteiger partial charge in [-0.15, -0.1) is 0 Å². The maximum Gasteiger partial charge on any atom is 0.337 e. The summed E-state index contributed by atoms with van der Waals surface area (Å²) < 4.78 is 0. The zero-order valence-corrected chi connectivity index (χ0v) is 11.1. The van der Waals surface area contributed by atoms with Gasteiger partial charge in [0.15, 0.2) is 0 Å². The number of carbonyl (C=O) groups excluding carboxylic acids is 1. The molecule has 1 fully saturated rings. The highest BCUT2D eigenvalue weighted by atomic mass is 16.4. The van der Waals surface area contributed by atoms with Crippen LogP contribution in [-0.4, -0.2) is 17.0 Å². The zero-order valence-electron chi connectivity index (χ0n) is 11.1. The SMILES string of the molecule is CCc1ccc(NC(=O)C2CCCC2)c(C(=O)O)c1. The minimum absolute atomic E-state index is 0.0347. The topological polar surface area (TPSA) is 66.4 Å². The molecule has 0 aromatic heterocycles. The third kappa shape index (κ3) is 3.13.